The van der Waals surface area contributed by atoms with E-state index in [9.17, 15) is 9.59 Å². The summed E-state index contributed by atoms with van der Waals surface area (Å²) in [7, 11) is 0. The van der Waals surface area contributed by atoms with Crippen molar-refractivity contribution in [2.24, 2.45) is 11.7 Å². The molecule has 0 aliphatic carbocycles. The zero-order valence-electron chi connectivity index (χ0n) is 13.5. The van der Waals surface area contributed by atoms with E-state index in [1.807, 2.05) is 38.1 Å². The quantitative estimate of drug-likeness (QED) is 0.923. The molecule has 2 heterocycles. The number of benzene rings is 1. The summed E-state index contributed by atoms with van der Waals surface area (Å²) >= 11 is 0. The number of hydrogen-bond donors (Lipinski definition) is 1. The molecule has 2 N–H and O–H groups in total. The summed E-state index contributed by atoms with van der Waals surface area (Å²) in [5, 5.41) is 0.961. The van der Waals surface area contributed by atoms with E-state index < -0.39 is 0 Å². The maximum atomic E-state index is 12.9. The number of fused-ring (bicyclic) bond motifs is 1. The zero-order chi connectivity index (χ0) is 16.6. The number of hydrogen-bond acceptors (Lipinski definition) is 3. The van der Waals surface area contributed by atoms with Crippen LogP contribution < -0.4 is 5.73 Å². The highest BCUT2D eigenvalue weighted by Gasteiger charge is 2.28. The van der Waals surface area contributed by atoms with Crippen molar-refractivity contribution in [2.45, 2.75) is 26.7 Å². The van der Waals surface area contributed by atoms with Gasteiger partial charge in [0.15, 0.2) is 0 Å². The lowest BCUT2D eigenvalue weighted by Crippen LogP contribution is -2.44. The van der Waals surface area contributed by atoms with Gasteiger partial charge in [0.05, 0.1) is 22.7 Å². The lowest BCUT2D eigenvalue weighted by molar-refractivity contribution is -0.123. The number of pyridine rings is 1. The summed E-state index contributed by atoms with van der Waals surface area (Å²) in [5.41, 5.74) is 8.74. The molecule has 1 aromatic heterocycles. The Morgan fingerprint density at radius 3 is 2.78 bits per heavy atom. The van der Waals surface area contributed by atoms with Crippen LogP contribution in [0.3, 0.4) is 0 Å². The molecule has 1 aliphatic heterocycles. The topological polar surface area (TPSA) is 76.3 Å². The predicted octanol–water partition coefficient (Wildman–Crippen LogP) is 2.19. The minimum Gasteiger partial charge on any atom is -0.369 e. The normalized spacial score (nSPS) is 18.2. The number of rotatable bonds is 2. The van der Waals surface area contributed by atoms with Crippen LogP contribution in [-0.4, -0.2) is 34.8 Å². The van der Waals surface area contributed by atoms with E-state index >= 15 is 0 Å². The first-order valence-electron chi connectivity index (χ1n) is 7.92. The third-order valence-corrected chi connectivity index (χ3v) is 4.50. The van der Waals surface area contributed by atoms with Gasteiger partial charge in [-0.3, -0.25) is 14.6 Å². The Balaban J connectivity index is 1.93. The standard InChI is InChI=1S/C18H21N3O2/c1-11-5-6-16-14(8-11)9-15(12(2)20-16)18(23)21-7-3-4-13(10-21)17(19)22/h5-6,8-9,13H,3-4,7,10H2,1-2H3,(H2,19,22). The largest absolute Gasteiger partial charge is 0.369 e. The summed E-state index contributed by atoms with van der Waals surface area (Å²) in [6.45, 7) is 4.93. The highest BCUT2D eigenvalue weighted by molar-refractivity contribution is 5.99. The van der Waals surface area contributed by atoms with E-state index in [2.05, 4.69) is 4.98 Å². The molecule has 0 spiro atoms. The van der Waals surface area contributed by atoms with Crippen LogP contribution in [0.5, 0.6) is 0 Å². The number of primary amides is 1. The monoisotopic (exact) mass is 311 g/mol. The van der Waals surface area contributed by atoms with E-state index in [0.717, 1.165) is 29.3 Å². The van der Waals surface area contributed by atoms with Crippen molar-refractivity contribution < 1.29 is 9.59 Å². The Kier molecular flexibility index (Phi) is 4.03. The third kappa shape index (κ3) is 3.04. The Labute approximate surface area is 135 Å². The van der Waals surface area contributed by atoms with E-state index in [4.69, 9.17) is 5.73 Å². The van der Waals surface area contributed by atoms with Crippen LogP contribution in [0.25, 0.3) is 10.9 Å². The highest BCUT2D eigenvalue weighted by atomic mass is 16.2. The van der Waals surface area contributed by atoms with E-state index in [-0.39, 0.29) is 17.7 Å². The van der Waals surface area contributed by atoms with Crippen LogP contribution in [0.1, 0.15) is 34.5 Å². The summed E-state index contributed by atoms with van der Waals surface area (Å²) in [6.07, 6.45) is 1.56. The lowest BCUT2D eigenvalue weighted by Gasteiger charge is -2.31. The summed E-state index contributed by atoms with van der Waals surface area (Å²) in [6, 6.07) is 7.91. The zero-order valence-corrected chi connectivity index (χ0v) is 13.5. The molecule has 0 bridgehead atoms. The van der Waals surface area contributed by atoms with Crippen molar-refractivity contribution in [3.8, 4) is 0 Å². The average Bonchev–Trinajstić information content (AvgIpc) is 2.54. The molecular weight excluding hydrogens is 290 g/mol. The molecule has 1 fully saturated rings. The molecular formula is C18H21N3O2. The van der Waals surface area contributed by atoms with Gasteiger partial charge in [-0.25, -0.2) is 0 Å². The Morgan fingerprint density at radius 1 is 1.26 bits per heavy atom. The van der Waals surface area contributed by atoms with Gasteiger partial charge in [-0.15, -0.1) is 0 Å². The van der Waals surface area contributed by atoms with Crippen molar-refractivity contribution in [1.29, 1.82) is 0 Å². The van der Waals surface area contributed by atoms with Gasteiger partial charge in [0.2, 0.25) is 5.91 Å². The molecule has 1 aliphatic rings. The van der Waals surface area contributed by atoms with Crippen molar-refractivity contribution in [3.05, 3.63) is 41.1 Å². The van der Waals surface area contributed by atoms with Crippen LogP contribution >= 0.6 is 0 Å². The number of carbonyl (C=O) groups excluding carboxylic acids is 2. The SMILES string of the molecule is Cc1ccc2nc(C)c(C(=O)N3CCCC(C(N)=O)C3)cc2c1. The summed E-state index contributed by atoms with van der Waals surface area (Å²) < 4.78 is 0. The van der Waals surface area contributed by atoms with Gasteiger partial charge >= 0.3 is 0 Å². The van der Waals surface area contributed by atoms with Gasteiger partial charge in [-0.1, -0.05) is 11.6 Å². The first-order chi connectivity index (χ1) is 11.0. The molecule has 1 unspecified atom stereocenters. The Bertz CT molecular complexity index is 785. The van der Waals surface area contributed by atoms with Gasteiger partial charge in [0, 0.05) is 18.5 Å². The van der Waals surface area contributed by atoms with Gasteiger partial charge in [-0.2, -0.15) is 0 Å². The maximum Gasteiger partial charge on any atom is 0.255 e. The molecule has 2 amide bonds. The molecule has 0 radical (unpaired) electrons. The third-order valence-electron chi connectivity index (χ3n) is 4.50. The van der Waals surface area contributed by atoms with E-state index in [1.54, 1.807) is 4.90 Å². The Morgan fingerprint density at radius 2 is 2.04 bits per heavy atom. The maximum absolute atomic E-state index is 12.9. The van der Waals surface area contributed by atoms with Crippen molar-refractivity contribution in [2.75, 3.05) is 13.1 Å². The molecule has 5 nitrogen and oxygen atoms in total. The Hall–Kier alpha value is -2.43. The van der Waals surface area contributed by atoms with Crippen LogP contribution in [0, 0.1) is 19.8 Å². The number of likely N-dealkylation sites (tertiary alicyclic amines) is 1. The van der Waals surface area contributed by atoms with Gasteiger partial charge < -0.3 is 10.6 Å². The second-order valence-corrected chi connectivity index (χ2v) is 6.31. The highest BCUT2D eigenvalue weighted by Crippen LogP contribution is 2.22. The van der Waals surface area contributed by atoms with Crippen LogP contribution in [0.2, 0.25) is 0 Å². The molecule has 2 aromatic rings. The number of amides is 2. The van der Waals surface area contributed by atoms with E-state index in [0.29, 0.717) is 24.3 Å². The number of carbonyl (C=O) groups is 2. The number of piperidine rings is 1. The molecule has 1 saturated heterocycles. The van der Waals surface area contributed by atoms with Crippen LogP contribution in [-0.2, 0) is 4.79 Å². The predicted molar refractivity (Wildman–Crippen MR) is 89.0 cm³/mol. The summed E-state index contributed by atoms with van der Waals surface area (Å²) in [4.78, 5) is 30.5. The first kappa shape index (κ1) is 15.5. The van der Waals surface area contributed by atoms with Gasteiger partial charge in [-0.05, 0) is 44.9 Å². The first-order valence-corrected chi connectivity index (χ1v) is 7.92. The van der Waals surface area contributed by atoms with Crippen molar-refractivity contribution in [1.82, 2.24) is 9.88 Å². The number of aromatic nitrogens is 1. The van der Waals surface area contributed by atoms with Crippen molar-refractivity contribution >= 4 is 22.7 Å². The van der Waals surface area contributed by atoms with Crippen LogP contribution in [0.15, 0.2) is 24.3 Å². The fourth-order valence-corrected chi connectivity index (χ4v) is 3.17. The fraction of sp³-hybridized carbons (Fsp3) is 0.389. The second-order valence-electron chi connectivity index (χ2n) is 6.31. The molecule has 1 atom stereocenters. The minimum atomic E-state index is -0.327. The number of nitrogens with two attached hydrogens (primary N) is 1. The second kappa shape index (κ2) is 5.99. The molecule has 23 heavy (non-hydrogen) atoms. The average molecular weight is 311 g/mol. The lowest BCUT2D eigenvalue weighted by atomic mass is 9.96. The minimum absolute atomic E-state index is 0.0654. The van der Waals surface area contributed by atoms with Crippen LogP contribution in [0.4, 0.5) is 0 Å². The number of aryl methyl sites for hydroxylation is 2. The smallest absolute Gasteiger partial charge is 0.255 e. The fourth-order valence-electron chi connectivity index (χ4n) is 3.17. The van der Waals surface area contributed by atoms with Gasteiger partial charge in [0.25, 0.3) is 5.91 Å². The molecule has 120 valence electrons. The molecule has 0 saturated carbocycles. The molecule has 1 aromatic carbocycles. The number of nitrogens with zero attached hydrogens (tertiary/aromatic N) is 2. The van der Waals surface area contributed by atoms with Crippen molar-refractivity contribution in [3.63, 3.8) is 0 Å². The molecule has 3 rings (SSSR count). The molecule has 5 heteroatoms. The van der Waals surface area contributed by atoms with E-state index in [1.165, 1.54) is 0 Å². The summed E-state index contributed by atoms with van der Waals surface area (Å²) in [5.74, 6) is -0.639. The van der Waals surface area contributed by atoms with Gasteiger partial charge in [0.1, 0.15) is 0 Å².